The van der Waals surface area contributed by atoms with Crippen molar-refractivity contribution in [1.29, 1.82) is 0 Å². The second-order valence-electron chi connectivity index (χ2n) is 40.9. The average Bonchev–Trinajstić information content (AvgIpc) is 0.707. The molecule has 14 aliphatic carbocycles. The van der Waals surface area contributed by atoms with Crippen molar-refractivity contribution in [2.75, 3.05) is 0 Å². The summed E-state index contributed by atoms with van der Waals surface area (Å²) in [4.78, 5) is 14.3. The molecule has 14 saturated carbocycles. The van der Waals surface area contributed by atoms with E-state index in [9.17, 15) is 0 Å². The van der Waals surface area contributed by atoms with Crippen molar-refractivity contribution in [2.45, 2.75) is 455 Å². The van der Waals surface area contributed by atoms with Crippen molar-refractivity contribution in [3.05, 3.63) is 0 Å². The van der Waals surface area contributed by atoms with Crippen LogP contribution in [0.15, 0.2) is 0 Å². The zero-order valence-corrected chi connectivity index (χ0v) is 61.0. The van der Waals surface area contributed by atoms with E-state index >= 15 is 0 Å². The normalized spacial score (nSPS) is 49.2. The second-order valence-corrected chi connectivity index (χ2v) is 42.4. The average molecular weight is 1260 g/mol. The topological polar surface area (TPSA) is 13.0 Å². The first-order valence-electron chi connectivity index (χ1n) is 43.1. The molecule has 0 N–H and O–H groups in total. The van der Waals surface area contributed by atoms with Crippen molar-refractivity contribution in [3.63, 3.8) is 0 Å². The Bertz CT molecular complexity index is 2420. The predicted octanol–water partition coefficient (Wildman–Crippen LogP) is 21.7. The Morgan fingerprint density at radius 3 is 1.25 bits per heavy atom. The van der Waals surface area contributed by atoms with Crippen molar-refractivity contribution < 1.29 is 0 Å². The molecule has 7 heteroatoms. The van der Waals surface area contributed by atoms with Crippen LogP contribution in [-0.4, -0.2) is 116 Å². The smallest absolute Gasteiger partial charge is 0.156 e. The van der Waals surface area contributed by atoms with Gasteiger partial charge >= 0.3 is 0 Å². The van der Waals surface area contributed by atoms with Gasteiger partial charge < -0.3 is 0 Å². The van der Waals surface area contributed by atoms with Crippen molar-refractivity contribution >= 4 is 25.2 Å². The Hall–Kier alpha value is 0.320. The molecule has 4 aliphatic heterocycles. The van der Waals surface area contributed by atoms with Gasteiger partial charge in [0.15, 0.2) is 13.4 Å². The van der Waals surface area contributed by atoms with E-state index in [1.54, 1.807) is 128 Å². The van der Waals surface area contributed by atoms with Crippen LogP contribution in [0, 0.1) is 70.0 Å². The minimum absolute atomic E-state index is 0.394. The van der Waals surface area contributed by atoms with Crippen LogP contribution in [0.5, 0.6) is 0 Å². The van der Waals surface area contributed by atoms with Crippen molar-refractivity contribution in [2.24, 2.45) is 70.0 Å². The highest BCUT2D eigenvalue weighted by Crippen LogP contribution is 2.72. The number of fused-ring (bicyclic) bond motifs is 8. The van der Waals surface area contributed by atoms with Crippen LogP contribution in [0.4, 0.5) is 0 Å². The standard InChI is InChI=1S/C84H140B2N4S/c1-83(2,3)59-44-56-38-36-54-42-58(43-55-37-39-57(45-59)80(56)79(54)55)53-40-41-72-68(46-53)86-70-51-69-73(52-77(70)91-78-50-66(49-76(82(78)86)89(72)64-30-18-10-19-31-64)87(61-24-12-7-13-25-61)62-26-14-8-15-27-62)90(65-32-20-11-21-33-65)75-48-60(84(4,5)6)47-74-81(75)85(69)67-34-22-23-35-71(67)88(74)63-28-16-9-17-29-63/h53-82H,7-52H2,1-6H3/t53?,54-,55+,56?,57?,58?,59?,60-,66?,67?,68-,69-,70+,71-,72?,73?,74+,75-,76?,77?,78?,79?,80?,81?,82-/m1/s1. The molecule has 508 valence electrons. The number of nitrogens with zero attached hydrogens (tertiary/aromatic N) is 4. The van der Waals surface area contributed by atoms with Gasteiger partial charge in [-0.05, 0) is 272 Å². The maximum atomic E-state index is 3.65. The molecule has 18 rings (SSSR count). The summed E-state index contributed by atoms with van der Waals surface area (Å²) in [7, 11) is 0. The first kappa shape index (κ1) is 63.5. The fraction of sp³-hybridized carbons (Fsp3) is 1.00. The number of rotatable bonds is 7. The third-order valence-electron chi connectivity index (χ3n) is 35.4. The summed E-state index contributed by atoms with van der Waals surface area (Å²) in [6.07, 6.45) is 71.6. The molecule has 15 unspecified atom stereocenters. The Morgan fingerprint density at radius 2 is 0.714 bits per heavy atom. The molecule has 0 aromatic rings. The SMILES string of the molecule is CC(C)(C)C1CC2CC[C@@H]3CC(C4CCC5[C@@H](C4)B4[C@H]6C(CC(N(C7CCCCC7)C7CCCCC7)CC6N5C5CCCCC5)SC5CC6[C@@H](C[C@H]45)B4C5CCCC[C@H]5N(C5CCCCC5)[C@H]5C[C@@H](C(C)(C)C)C[C@H](C45)N6C4CCCCC4)C[C@@H]4CCC(C1)C2C34. The van der Waals surface area contributed by atoms with Crippen LogP contribution >= 0.6 is 11.8 Å². The largest absolute Gasteiger partial charge is 0.295 e. The molecule has 18 aliphatic rings. The summed E-state index contributed by atoms with van der Waals surface area (Å²) in [5.74, 6) is 16.2. The first-order valence-corrected chi connectivity index (χ1v) is 44.1. The van der Waals surface area contributed by atoms with E-state index in [2.05, 4.69) is 72.9 Å². The minimum atomic E-state index is 0.394. The highest BCUT2D eigenvalue weighted by Gasteiger charge is 2.71. The molecule has 4 nitrogen and oxygen atoms in total. The number of hydrogen-bond acceptors (Lipinski definition) is 5. The molecular weight excluding hydrogens is 1120 g/mol. The van der Waals surface area contributed by atoms with E-state index in [-0.39, 0.29) is 0 Å². The number of thioether (sulfide) groups is 1. The second kappa shape index (κ2) is 25.7. The highest BCUT2D eigenvalue weighted by molar-refractivity contribution is 8.00. The zero-order chi connectivity index (χ0) is 61.0. The molecule has 0 aromatic carbocycles. The van der Waals surface area contributed by atoms with Crippen molar-refractivity contribution in [3.8, 4) is 0 Å². The van der Waals surface area contributed by atoms with Gasteiger partial charge in [0.25, 0.3) is 0 Å². The molecule has 0 amide bonds. The molecule has 0 bridgehead atoms. The maximum Gasteiger partial charge on any atom is 0.156 e. The molecular formula is C84H140B2N4S. The van der Waals surface area contributed by atoms with Gasteiger partial charge in [-0.15, -0.1) is 0 Å². The molecule has 18 fully saturated rings. The van der Waals surface area contributed by atoms with Crippen molar-refractivity contribution in [1.82, 2.24) is 19.6 Å². The summed E-state index contributed by atoms with van der Waals surface area (Å²) < 4.78 is 0. The van der Waals surface area contributed by atoms with Gasteiger partial charge in [0.05, 0.1) is 0 Å². The van der Waals surface area contributed by atoms with Crippen LogP contribution in [0.3, 0.4) is 0 Å². The lowest BCUT2D eigenvalue weighted by Crippen LogP contribution is -2.76. The lowest BCUT2D eigenvalue weighted by molar-refractivity contribution is -0.117. The lowest BCUT2D eigenvalue weighted by atomic mass is 9.15. The summed E-state index contributed by atoms with van der Waals surface area (Å²) in [6, 6.07) is 10.4. The van der Waals surface area contributed by atoms with Gasteiger partial charge in [-0.1, -0.05) is 170 Å². The fourth-order valence-electron chi connectivity index (χ4n) is 32.2. The summed E-state index contributed by atoms with van der Waals surface area (Å²) in [6.45, 7) is 18.0. The van der Waals surface area contributed by atoms with Gasteiger partial charge in [0.2, 0.25) is 0 Å². The summed E-state index contributed by atoms with van der Waals surface area (Å²) in [5, 5.41) is 1.80. The van der Waals surface area contributed by atoms with Gasteiger partial charge in [0.1, 0.15) is 0 Å². The van der Waals surface area contributed by atoms with Crippen LogP contribution in [-0.2, 0) is 0 Å². The number of hydrogen-bond donors (Lipinski definition) is 0. The minimum Gasteiger partial charge on any atom is -0.295 e. The monoisotopic (exact) mass is 1260 g/mol. The summed E-state index contributed by atoms with van der Waals surface area (Å²) >= 11 is 2.83. The molecule has 4 heterocycles. The first-order chi connectivity index (χ1) is 44.4. The van der Waals surface area contributed by atoms with E-state index in [0.29, 0.717) is 10.8 Å². The highest BCUT2D eigenvalue weighted by atomic mass is 32.2. The van der Waals surface area contributed by atoms with E-state index in [4.69, 9.17) is 0 Å². The maximum absolute atomic E-state index is 3.65. The Kier molecular flexibility index (Phi) is 18.0. The third kappa shape index (κ3) is 11.2. The molecule has 0 aromatic heterocycles. The van der Waals surface area contributed by atoms with Crippen LogP contribution < -0.4 is 0 Å². The quantitative estimate of drug-likeness (QED) is 0.235. The van der Waals surface area contributed by atoms with Gasteiger partial charge in [0, 0.05) is 83.0 Å². The summed E-state index contributed by atoms with van der Waals surface area (Å²) in [5.41, 5.74) is 0.888. The van der Waals surface area contributed by atoms with Gasteiger partial charge in [-0.25, -0.2) is 0 Å². The van der Waals surface area contributed by atoms with E-state index < -0.39 is 0 Å². The molecule has 4 saturated heterocycles. The van der Waals surface area contributed by atoms with Gasteiger partial charge in [-0.2, -0.15) is 11.8 Å². The van der Waals surface area contributed by atoms with Crippen LogP contribution in [0.25, 0.3) is 0 Å². The Balaban J connectivity index is 0.733. The van der Waals surface area contributed by atoms with Crippen LogP contribution in [0.1, 0.15) is 337 Å². The molecule has 91 heavy (non-hydrogen) atoms. The molecule has 0 radical (unpaired) electrons. The van der Waals surface area contributed by atoms with Crippen LogP contribution in [0.2, 0.25) is 34.9 Å². The zero-order valence-electron chi connectivity index (χ0n) is 60.2. The lowest BCUT2D eigenvalue weighted by Gasteiger charge is -2.72. The molecule has 25 atom stereocenters. The Morgan fingerprint density at radius 1 is 0.286 bits per heavy atom. The van der Waals surface area contributed by atoms with E-state index in [1.165, 1.54) is 167 Å². The Labute approximate surface area is 566 Å². The van der Waals surface area contributed by atoms with E-state index in [0.717, 1.165) is 191 Å². The van der Waals surface area contributed by atoms with E-state index in [1.807, 2.05) is 0 Å². The predicted molar refractivity (Wildman–Crippen MR) is 388 cm³/mol. The van der Waals surface area contributed by atoms with Gasteiger partial charge in [-0.3, -0.25) is 19.6 Å². The third-order valence-corrected chi connectivity index (χ3v) is 37.1. The molecule has 0 spiro atoms. The fourth-order valence-corrected chi connectivity index (χ4v) is 34.3.